The van der Waals surface area contributed by atoms with E-state index in [0.29, 0.717) is 10.6 Å². The average Bonchev–Trinajstić information content (AvgIpc) is 3.19. The van der Waals surface area contributed by atoms with Crippen LogP contribution in [0.25, 0.3) is 0 Å². The van der Waals surface area contributed by atoms with Crippen molar-refractivity contribution in [2.75, 3.05) is 11.9 Å². The van der Waals surface area contributed by atoms with Crippen molar-refractivity contribution in [3.63, 3.8) is 0 Å². The van der Waals surface area contributed by atoms with Crippen LogP contribution < -0.4 is 5.32 Å². The Morgan fingerprint density at radius 3 is 3.00 bits per heavy atom. The number of carbonyl (C=O) groups excluding carboxylic acids is 2. The Bertz CT molecular complexity index is 791. The Morgan fingerprint density at radius 2 is 2.25 bits per heavy atom. The van der Waals surface area contributed by atoms with Crippen LogP contribution in [0.1, 0.15) is 28.8 Å². The number of nitriles is 1. The number of thiophene rings is 1. The Kier molecular flexibility index (Phi) is 4.86. The first-order chi connectivity index (χ1) is 11.7. The van der Waals surface area contributed by atoms with Crippen LogP contribution in [-0.4, -0.2) is 33.2 Å². The molecular weight excluding hydrogens is 330 g/mol. The molecule has 0 spiro atoms. The number of hydrogen-bond acceptors (Lipinski definition) is 7. The summed E-state index contributed by atoms with van der Waals surface area (Å²) in [7, 11) is 0. The monoisotopic (exact) mass is 345 g/mol. The first-order valence-electron chi connectivity index (χ1n) is 7.50. The highest BCUT2D eigenvalue weighted by molar-refractivity contribution is 7.16. The standard InChI is InChI=1S/C15H15N5O3S/c16-5-11-10-3-1-2-4-12(10)24-15(11)19-13(21)7-23-14(22)6-20-9-17-8-18-20/h8-9H,1-4,6-7H2,(H,19,21). The van der Waals surface area contributed by atoms with Crippen molar-refractivity contribution in [2.24, 2.45) is 0 Å². The summed E-state index contributed by atoms with van der Waals surface area (Å²) in [5.74, 6) is -1.04. The van der Waals surface area contributed by atoms with E-state index in [0.717, 1.165) is 36.1 Å². The SMILES string of the molecule is N#Cc1c(NC(=O)COC(=O)Cn2cncn2)sc2c1CCCC2. The maximum Gasteiger partial charge on any atom is 0.328 e. The van der Waals surface area contributed by atoms with E-state index in [1.165, 1.54) is 28.7 Å². The minimum Gasteiger partial charge on any atom is -0.454 e. The van der Waals surface area contributed by atoms with Crippen molar-refractivity contribution in [1.29, 1.82) is 5.26 Å². The number of nitrogens with one attached hydrogen (secondary N) is 1. The molecule has 0 atom stereocenters. The van der Waals surface area contributed by atoms with Crippen LogP contribution in [0.5, 0.6) is 0 Å². The fraction of sp³-hybridized carbons (Fsp3) is 0.400. The van der Waals surface area contributed by atoms with Crippen LogP contribution in [0.3, 0.4) is 0 Å². The van der Waals surface area contributed by atoms with E-state index in [-0.39, 0.29) is 6.54 Å². The third-order valence-corrected chi connectivity index (χ3v) is 4.87. The molecule has 0 aliphatic heterocycles. The molecule has 0 bridgehead atoms. The van der Waals surface area contributed by atoms with Gasteiger partial charge >= 0.3 is 5.97 Å². The summed E-state index contributed by atoms with van der Waals surface area (Å²) >= 11 is 1.44. The molecule has 2 heterocycles. The molecule has 2 aromatic heterocycles. The number of amides is 1. The summed E-state index contributed by atoms with van der Waals surface area (Å²) in [6.45, 7) is -0.509. The van der Waals surface area contributed by atoms with E-state index in [4.69, 9.17) is 4.74 Å². The molecule has 1 aliphatic rings. The molecule has 0 unspecified atom stereocenters. The maximum atomic E-state index is 12.0. The lowest BCUT2D eigenvalue weighted by molar-refractivity contribution is -0.148. The van der Waals surface area contributed by atoms with Crippen molar-refractivity contribution in [3.8, 4) is 6.07 Å². The summed E-state index contributed by atoms with van der Waals surface area (Å²) in [4.78, 5) is 28.5. The molecule has 1 aliphatic carbocycles. The molecule has 8 nitrogen and oxygen atoms in total. The average molecular weight is 345 g/mol. The lowest BCUT2D eigenvalue weighted by Crippen LogP contribution is -2.23. The quantitative estimate of drug-likeness (QED) is 0.817. The van der Waals surface area contributed by atoms with Gasteiger partial charge in [0.05, 0.1) is 5.56 Å². The van der Waals surface area contributed by atoms with Crippen molar-refractivity contribution in [2.45, 2.75) is 32.2 Å². The molecule has 3 rings (SSSR count). The predicted molar refractivity (Wildman–Crippen MR) is 85.3 cm³/mol. The fourth-order valence-corrected chi connectivity index (χ4v) is 3.83. The number of hydrogen-bond donors (Lipinski definition) is 1. The summed E-state index contributed by atoms with van der Waals surface area (Å²) in [6, 6.07) is 2.17. The van der Waals surface area contributed by atoms with Crippen molar-refractivity contribution in [1.82, 2.24) is 14.8 Å². The van der Waals surface area contributed by atoms with E-state index in [1.54, 1.807) is 0 Å². The predicted octanol–water partition coefficient (Wildman–Crippen LogP) is 1.27. The largest absolute Gasteiger partial charge is 0.454 e. The number of rotatable bonds is 5. The number of aryl methyl sites for hydroxylation is 1. The summed E-state index contributed by atoms with van der Waals surface area (Å²) < 4.78 is 6.21. The molecule has 0 saturated carbocycles. The summed E-state index contributed by atoms with van der Waals surface area (Å²) in [5, 5.41) is 16.3. The topological polar surface area (TPSA) is 110 Å². The van der Waals surface area contributed by atoms with Crippen LogP contribution in [-0.2, 0) is 33.7 Å². The first-order valence-corrected chi connectivity index (χ1v) is 8.31. The van der Waals surface area contributed by atoms with Gasteiger partial charge in [0.2, 0.25) is 0 Å². The van der Waals surface area contributed by atoms with E-state index in [1.807, 2.05) is 0 Å². The van der Waals surface area contributed by atoms with Crippen molar-refractivity contribution in [3.05, 3.63) is 28.7 Å². The molecule has 1 N–H and O–H groups in total. The number of fused-ring (bicyclic) bond motifs is 1. The van der Waals surface area contributed by atoms with Gasteiger partial charge in [-0.15, -0.1) is 11.3 Å². The molecule has 124 valence electrons. The molecule has 9 heteroatoms. The van der Waals surface area contributed by atoms with Gasteiger partial charge in [0, 0.05) is 4.88 Å². The van der Waals surface area contributed by atoms with Gasteiger partial charge in [-0.25, -0.2) is 9.67 Å². The number of anilines is 1. The Morgan fingerprint density at radius 1 is 1.42 bits per heavy atom. The zero-order chi connectivity index (χ0) is 16.9. The smallest absolute Gasteiger partial charge is 0.328 e. The Balaban J connectivity index is 1.56. The van der Waals surface area contributed by atoms with Gasteiger partial charge < -0.3 is 10.1 Å². The van der Waals surface area contributed by atoms with Gasteiger partial charge in [0.25, 0.3) is 5.91 Å². The number of esters is 1. The molecule has 0 radical (unpaired) electrons. The first kappa shape index (κ1) is 16.1. The lowest BCUT2D eigenvalue weighted by atomic mass is 9.96. The van der Waals surface area contributed by atoms with Crippen LogP contribution in [0.4, 0.5) is 5.00 Å². The lowest BCUT2D eigenvalue weighted by Gasteiger charge is -2.09. The van der Waals surface area contributed by atoms with Gasteiger partial charge in [-0.2, -0.15) is 10.4 Å². The summed E-state index contributed by atoms with van der Waals surface area (Å²) in [6.07, 6.45) is 6.67. The van der Waals surface area contributed by atoms with Crippen LogP contribution in [0.2, 0.25) is 0 Å². The zero-order valence-electron chi connectivity index (χ0n) is 12.8. The van der Waals surface area contributed by atoms with Crippen LogP contribution in [0.15, 0.2) is 12.7 Å². The molecule has 2 aromatic rings. The number of carbonyl (C=O) groups is 2. The molecule has 0 fully saturated rings. The Hall–Kier alpha value is -2.73. The maximum absolute atomic E-state index is 12.0. The second-order valence-electron chi connectivity index (χ2n) is 5.33. The third-order valence-electron chi connectivity index (χ3n) is 3.66. The van der Waals surface area contributed by atoms with E-state index < -0.39 is 18.5 Å². The van der Waals surface area contributed by atoms with Crippen molar-refractivity contribution >= 4 is 28.2 Å². The van der Waals surface area contributed by atoms with Gasteiger partial charge in [-0.3, -0.25) is 9.59 Å². The van der Waals surface area contributed by atoms with Crippen molar-refractivity contribution < 1.29 is 14.3 Å². The second-order valence-corrected chi connectivity index (χ2v) is 6.43. The highest BCUT2D eigenvalue weighted by atomic mass is 32.1. The number of ether oxygens (including phenoxy) is 1. The van der Waals surface area contributed by atoms with E-state index >= 15 is 0 Å². The molecular formula is C15H15N5O3S. The minimum atomic E-state index is -0.582. The van der Waals surface area contributed by atoms with E-state index in [9.17, 15) is 14.9 Å². The molecule has 0 saturated heterocycles. The molecule has 24 heavy (non-hydrogen) atoms. The van der Waals surface area contributed by atoms with Gasteiger partial charge in [-0.1, -0.05) is 0 Å². The normalized spacial score (nSPS) is 13.0. The Labute approximate surface area is 142 Å². The van der Waals surface area contributed by atoms with E-state index in [2.05, 4.69) is 21.5 Å². The number of aromatic nitrogens is 3. The highest BCUT2D eigenvalue weighted by Crippen LogP contribution is 2.37. The fourth-order valence-electron chi connectivity index (χ4n) is 2.57. The molecule has 0 aromatic carbocycles. The van der Waals surface area contributed by atoms with Crippen LogP contribution in [0, 0.1) is 11.3 Å². The van der Waals surface area contributed by atoms with Gasteiger partial charge in [-0.05, 0) is 31.2 Å². The minimum absolute atomic E-state index is 0.107. The second kappa shape index (κ2) is 7.23. The third kappa shape index (κ3) is 3.60. The summed E-state index contributed by atoms with van der Waals surface area (Å²) in [5.41, 5.74) is 1.59. The number of nitrogens with zero attached hydrogens (tertiary/aromatic N) is 4. The zero-order valence-corrected chi connectivity index (χ0v) is 13.6. The van der Waals surface area contributed by atoms with Crippen LogP contribution >= 0.6 is 11.3 Å². The van der Waals surface area contributed by atoms with Gasteiger partial charge in [0.1, 0.15) is 30.3 Å². The van der Waals surface area contributed by atoms with Gasteiger partial charge in [0.15, 0.2) is 6.61 Å². The molecule has 1 amide bonds. The highest BCUT2D eigenvalue weighted by Gasteiger charge is 2.22.